The second-order valence-electron chi connectivity index (χ2n) is 10.1. The molecule has 1 saturated carbocycles. The Morgan fingerprint density at radius 3 is 2.26 bits per heavy atom. The van der Waals surface area contributed by atoms with Gasteiger partial charge in [0.2, 0.25) is 11.8 Å². The molecule has 6 nitrogen and oxygen atoms in total. The third-order valence-electron chi connectivity index (χ3n) is 5.76. The number of halogens is 1. The fraction of sp³-hybridized carbons (Fsp3) is 0.529. The number of hydrogen-bond acceptors (Lipinski definition) is 5. The van der Waals surface area contributed by atoms with Gasteiger partial charge in [-0.1, -0.05) is 38.3 Å². The molecule has 8 heteroatoms. The summed E-state index contributed by atoms with van der Waals surface area (Å²) >= 11 is 1.63. The zero-order chi connectivity index (χ0) is 31.8. The minimum absolute atomic E-state index is 0.142. The first-order valence-electron chi connectivity index (χ1n) is 14.7. The summed E-state index contributed by atoms with van der Waals surface area (Å²) in [4.78, 5) is 23.7. The number of carbonyl (C=O) groups is 2. The Bertz CT molecular complexity index is 1050. The summed E-state index contributed by atoms with van der Waals surface area (Å²) in [6, 6.07) is 12.9. The summed E-state index contributed by atoms with van der Waals surface area (Å²) in [5, 5.41) is 8.48. The highest BCUT2D eigenvalue weighted by molar-refractivity contribution is 7.98. The molecule has 3 N–H and O–H groups in total. The van der Waals surface area contributed by atoms with Crippen LogP contribution in [0.2, 0.25) is 0 Å². The van der Waals surface area contributed by atoms with Gasteiger partial charge in [0.05, 0.1) is 6.61 Å². The van der Waals surface area contributed by atoms with Crippen molar-refractivity contribution in [1.82, 2.24) is 16.0 Å². The lowest BCUT2D eigenvalue weighted by Crippen LogP contribution is -2.46. The number of amides is 2. The van der Waals surface area contributed by atoms with E-state index in [4.69, 9.17) is 11.2 Å². The molecule has 42 heavy (non-hydrogen) atoms. The SMILES string of the molecule is C#Cc1cccc(C)c1.CCC.CNC(=O)C(CCSC)NC(=O)CCCCOc1cc(C)cc(F)c1.CNC1CC1. The van der Waals surface area contributed by atoms with Crippen molar-refractivity contribution in [2.24, 2.45) is 0 Å². The van der Waals surface area contributed by atoms with Crippen LogP contribution in [0.25, 0.3) is 0 Å². The Hall–Kier alpha value is -3.02. The predicted octanol–water partition coefficient (Wildman–Crippen LogP) is 6.43. The quantitative estimate of drug-likeness (QED) is 0.193. The fourth-order valence-electron chi connectivity index (χ4n) is 3.42. The average Bonchev–Trinajstić information content (AvgIpc) is 3.80. The Labute approximate surface area is 258 Å². The minimum Gasteiger partial charge on any atom is -0.493 e. The molecule has 2 aromatic rings. The number of benzene rings is 2. The van der Waals surface area contributed by atoms with Gasteiger partial charge in [-0.05, 0) is 100 Å². The van der Waals surface area contributed by atoms with Crippen LogP contribution >= 0.6 is 11.8 Å². The van der Waals surface area contributed by atoms with Crippen molar-refractivity contribution in [2.45, 2.75) is 84.7 Å². The maximum Gasteiger partial charge on any atom is 0.242 e. The number of nitrogens with one attached hydrogen (secondary N) is 3. The number of likely N-dealkylation sites (N-methyl/N-ethyl adjacent to an activating group) is 1. The molecule has 1 aliphatic rings. The lowest BCUT2D eigenvalue weighted by molar-refractivity contribution is -0.128. The largest absolute Gasteiger partial charge is 0.493 e. The Kier molecular flexibility index (Phi) is 22.8. The van der Waals surface area contributed by atoms with E-state index >= 15 is 0 Å². The van der Waals surface area contributed by atoms with Crippen LogP contribution in [-0.4, -0.2) is 56.6 Å². The molecule has 1 aliphatic carbocycles. The van der Waals surface area contributed by atoms with Gasteiger partial charge in [-0.15, -0.1) is 6.42 Å². The van der Waals surface area contributed by atoms with Crippen molar-refractivity contribution >= 4 is 23.6 Å². The second-order valence-corrected chi connectivity index (χ2v) is 11.1. The van der Waals surface area contributed by atoms with Crippen LogP contribution in [0.15, 0.2) is 42.5 Å². The maximum atomic E-state index is 13.2. The molecule has 0 saturated heterocycles. The first-order valence-corrected chi connectivity index (χ1v) is 16.1. The molecule has 234 valence electrons. The van der Waals surface area contributed by atoms with Gasteiger partial charge in [0.15, 0.2) is 0 Å². The number of hydrogen-bond donors (Lipinski definition) is 3. The van der Waals surface area contributed by atoms with Crippen LogP contribution in [0.3, 0.4) is 0 Å². The summed E-state index contributed by atoms with van der Waals surface area (Å²) in [6.07, 6.45) is 13.4. The lowest BCUT2D eigenvalue weighted by atomic mass is 10.1. The highest BCUT2D eigenvalue weighted by Gasteiger charge is 2.19. The standard InChI is InChI=1S/C18H27FN2O3S.C9H8.C4H9N.C3H8/c1-13-10-14(19)12-15(11-13)24-8-5-4-6-17(22)21-16(7-9-25-3)18(23)20-2;1-3-9-6-4-5-8(2)7-9;1-5-4-2-3-4;1-3-2/h10-12,16H,4-9H2,1-3H3,(H,20,23)(H,21,22);1,4-7H,2H3;4-5H,2-3H2,1H3;3H2,1-2H3. The Morgan fingerprint density at radius 1 is 1.10 bits per heavy atom. The number of unbranched alkanes of at least 4 members (excludes halogenated alkanes) is 1. The van der Waals surface area contributed by atoms with E-state index < -0.39 is 6.04 Å². The van der Waals surface area contributed by atoms with Crippen molar-refractivity contribution in [3.63, 3.8) is 0 Å². The van der Waals surface area contributed by atoms with Gasteiger partial charge in [0, 0.05) is 31.1 Å². The molecule has 0 aliphatic heterocycles. The third-order valence-corrected chi connectivity index (χ3v) is 6.41. The van der Waals surface area contributed by atoms with Crippen molar-refractivity contribution < 1.29 is 18.7 Å². The van der Waals surface area contributed by atoms with Gasteiger partial charge in [-0.25, -0.2) is 4.39 Å². The van der Waals surface area contributed by atoms with Crippen LogP contribution in [0.4, 0.5) is 4.39 Å². The normalized spacial score (nSPS) is 12.0. The molecule has 0 aromatic heterocycles. The molecule has 0 bridgehead atoms. The molecular weight excluding hydrogens is 549 g/mol. The second kappa shape index (κ2) is 24.6. The Morgan fingerprint density at radius 2 is 1.79 bits per heavy atom. The lowest BCUT2D eigenvalue weighted by Gasteiger charge is -2.16. The number of carbonyl (C=O) groups excluding carboxylic acids is 2. The summed E-state index contributed by atoms with van der Waals surface area (Å²) in [5.41, 5.74) is 2.97. The van der Waals surface area contributed by atoms with Gasteiger partial charge >= 0.3 is 0 Å². The first kappa shape index (κ1) is 39.0. The highest BCUT2D eigenvalue weighted by atomic mass is 32.2. The molecule has 0 spiro atoms. The van der Waals surface area contributed by atoms with Gasteiger partial charge in [0.1, 0.15) is 17.6 Å². The van der Waals surface area contributed by atoms with Crippen molar-refractivity contribution in [2.75, 3.05) is 32.7 Å². The number of aryl methyl sites for hydroxylation is 2. The number of ether oxygens (including phenoxy) is 1. The van der Waals surface area contributed by atoms with Crippen LogP contribution in [0.1, 0.15) is 75.5 Å². The van der Waals surface area contributed by atoms with E-state index in [1.54, 1.807) is 31.8 Å². The molecule has 0 heterocycles. The number of terminal acetylenes is 1. The van der Waals surface area contributed by atoms with E-state index in [0.29, 0.717) is 38.0 Å². The van der Waals surface area contributed by atoms with Crippen LogP contribution in [0, 0.1) is 32.0 Å². The molecule has 2 amide bonds. The summed E-state index contributed by atoms with van der Waals surface area (Å²) in [6.45, 7) is 8.50. The summed E-state index contributed by atoms with van der Waals surface area (Å²) in [7, 11) is 3.57. The summed E-state index contributed by atoms with van der Waals surface area (Å²) in [5.74, 6) is 3.24. The fourth-order valence-corrected chi connectivity index (χ4v) is 3.89. The van der Waals surface area contributed by atoms with Gasteiger partial charge in [-0.2, -0.15) is 11.8 Å². The van der Waals surface area contributed by atoms with E-state index in [1.165, 1.54) is 37.0 Å². The topological polar surface area (TPSA) is 79.5 Å². The van der Waals surface area contributed by atoms with Gasteiger partial charge in [-0.3, -0.25) is 9.59 Å². The molecule has 2 aromatic carbocycles. The molecule has 1 unspecified atom stereocenters. The van der Waals surface area contributed by atoms with E-state index in [-0.39, 0.29) is 17.6 Å². The maximum absolute atomic E-state index is 13.2. The van der Waals surface area contributed by atoms with Crippen LogP contribution < -0.4 is 20.7 Å². The van der Waals surface area contributed by atoms with E-state index in [1.807, 2.05) is 44.5 Å². The first-order chi connectivity index (χ1) is 20.1. The average molecular weight is 602 g/mol. The predicted molar refractivity (Wildman–Crippen MR) is 177 cm³/mol. The minimum atomic E-state index is -0.489. The molecule has 1 atom stereocenters. The van der Waals surface area contributed by atoms with Crippen molar-refractivity contribution in [3.8, 4) is 18.1 Å². The zero-order valence-corrected chi connectivity index (χ0v) is 27.5. The molecule has 0 radical (unpaired) electrons. The third kappa shape index (κ3) is 20.8. The zero-order valence-electron chi connectivity index (χ0n) is 26.6. The molecule has 3 rings (SSSR count). The molecule has 1 fully saturated rings. The van der Waals surface area contributed by atoms with Crippen LogP contribution in [-0.2, 0) is 9.59 Å². The van der Waals surface area contributed by atoms with E-state index in [9.17, 15) is 14.0 Å². The van der Waals surface area contributed by atoms with E-state index in [2.05, 4.69) is 35.7 Å². The highest BCUT2D eigenvalue weighted by Crippen LogP contribution is 2.17. The number of thioether (sulfide) groups is 1. The van der Waals surface area contributed by atoms with Crippen molar-refractivity contribution in [3.05, 3.63) is 65.0 Å². The number of rotatable bonds is 12. The monoisotopic (exact) mass is 601 g/mol. The summed E-state index contributed by atoms with van der Waals surface area (Å²) < 4.78 is 18.7. The van der Waals surface area contributed by atoms with Gasteiger partial charge in [0.25, 0.3) is 0 Å². The molecular formula is C34H52FN3O3S. The van der Waals surface area contributed by atoms with Crippen LogP contribution in [0.5, 0.6) is 5.75 Å². The van der Waals surface area contributed by atoms with E-state index in [0.717, 1.165) is 22.9 Å². The van der Waals surface area contributed by atoms with Crippen molar-refractivity contribution in [1.29, 1.82) is 0 Å². The smallest absolute Gasteiger partial charge is 0.242 e. The van der Waals surface area contributed by atoms with Gasteiger partial charge < -0.3 is 20.7 Å². The Balaban J connectivity index is 0.000000791.